The molecule has 0 spiro atoms. The SMILES string of the molecule is O=C(CSc1nnc(C2CC2)n1Cc1ccco1)Nc1ccccc1Cc1ccccc1. The molecule has 6 nitrogen and oxygen atoms in total. The molecule has 5 rings (SSSR count). The number of furan rings is 1. The number of nitrogens with zero attached hydrogens (tertiary/aromatic N) is 3. The fraction of sp³-hybridized carbons (Fsp3) is 0.240. The average Bonchev–Trinajstić information content (AvgIpc) is 3.37. The summed E-state index contributed by atoms with van der Waals surface area (Å²) in [5.41, 5.74) is 3.15. The Bertz CT molecular complexity index is 1180. The van der Waals surface area contributed by atoms with Gasteiger partial charge in [-0.15, -0.1) is 10.2 Å². The number of thioether (sulfide) groups is 1. The standard InChI is InChI=1S/C25H24N4O2S/c30-23(26-22-11-5-4-9-20(22)15-18-7-2-1-3-8-18)17-32-25-28-27-24(19-12-13-19)29(25)16-21-10-6-14-31-21/h1-11,14,19H,12-13,15-17H2,(H,26,30). The molecule has 162 valence electrons. The molecule has 1 amide bonds. The van der Waals surface area contributed by atoms with Gasteiger partial charge < -0.3 is 9.73 Å². The van der Waals surface area contributed by atoms with Gasteiger partial charge in [-0.2, -0.15) is 0 Å². The summed E-state index contributed by atoms with van der Waals surface area (Å²) < 4.78 is 7.60. The molecule has 1 fully saturated rings. The molecule has 0 unspecified atom stereocenters. The normalized spacial score (nSPS) is 13.2. The third-order valence-corrected chi connectivity index (χ3v) is 6.41. The Labute approximate surface area is 191 Å². The van der Waals surface area contributed by atoms with Crippen LogP contribution in [-0.4, -0.2) is 26.4 Å². The number of carbonyl (C=O) groups excluding carboxylic acids is 1. The van der Waals surface area contributed by atoms with Crippen LogP contribution in [0.1, 0.15) is 41.5 Å². The van der Waals surface area contributed by atoms with E-state index in [9.17, 15) is 4.79 Å². The van der Waals surface area contributed by atoms with E-state index in [0.717, 1.165) is 47.3 Å². The fourth-order valence-corrected chi connectivity index (χ4v) is 4.43. The van der Waals surface area contributed by atoms with E-state index in [4.69, 9.17) is 4.42 Å². The van der Waals surface area contributed by atoms with Gasteiger partial charge >= 0.3 is 0 Å². The summed E-state index contributed by atoms with van der Waals surface area (Å²) in [7, 11) is 0. The van der Waals surface area contributed by atoms with Crippen molar-refractivity contribution in [3.05, 3.63) is 95.7 Å². The summed E-state index contributed by atoms with van der Waals surface area (Å²) in [5.74, 6) is 2.51. The lowest BCUT2D eigenvalue weighted by atomic mass is 10.0. The first-order chi connectivity index (χ1) is 15.8. The number of carbonyl (C=O) groups is 1. The van der Waals surface area contributed by atoms with E-state index in [-0.39, 0.29) is 11.7 Å². The van der Waals surface area contributed by atoms with Crippen molar-refractivity contribution in [2.24, 2.45) is 0 Å². The Kier molecular flexibility index (Phi) is 6.07. The monoisotopic (exact) mass is 444 g/mol. The van der Waals surface area contributed by atoms with Crippen molar-refractivity contribution in [1.82, 2.24) is 14.8 Å². The van der Waals surface area contributed by atoms with Crippen LogP contribution in [0.5, 0.6) is 0 Å². The second-order valence-corrected chi connectivity index (χ2v) is 8.88. The maximum atomic E-state index is 12.8. The molecule has 1 aliphatic carbocycles. The predicted molar refractivity (Wildman–Crippen MR) is 125 cm³/mol. The van der Waals surface area contributed by atoms with Crippen molar-refractivity contribution in [2.75, 3.05) is 11.1 Å². The van der Waals surface area contributed by atoms with Crippen LogP contribution < -0.4 is 5.32 Å². The minimum Gasteiger partial charge on any atom is -0.467 e. The highest BCUT2D eigenvalue weighted by atomic mass is 32.2. The van der Waals surface area contributed by atoms with Gasteiger partial charge in [-0.1, -0.05) is 60.3 Å². The maximum absolute atomic E-state index is 12.8. The summed E-state index contributed by atoms with van der Waals surface area (Å²) in [6.07, 6.45) is 4.72. The van der Waals surface area contributed by atoms with E-state index >= 15 is 0 Å². The van der Waals surface area contributed by atoms with Crippen molar-refractivity contribution < 1.29 is 9.21 Å². The quantitative estimate of drug-likeness (QED) is 0.363. The van der Waals surface area contributed by atoms with Gasteiger partial charge in [-0.25, -0.2) is 0 Å². The first-order valence-corrected chi connectivity index (χ1v) is 11.7. The number of amides is 1. The van der Waals surface area contributed by atoms with Crippen LogP contribution in [0, 0.1) is 0 Å². The van der Waals surface area contributed by atoms with Crippen molar-refractivity contribution >= 4 is 23.4 Å². The zero-order valence-electron chi connectivity index (χ0n) is 17.6. The van der Waals surface area contributed by atoms with Gasteiger partial charge in [-0.05, 0) is 48.6 Å². The summed E-state index contributed by atoms with van der Waals surface area (Å²) in [4.78, 5) is 12.8. The van der Waals surface area contributed by atoms with Gasteiger partial charge in [0.1, 0.15) is 11.6 Å². The van der Waals surface area contributed by atoms with Gasteiger partial charge in [0, 0.05) is 11.6 Å². The van der Waals surface area contributed by atoms with Crippen LogP contribution in [0.3, 0.4) is 0 Å². The zero-order chi connectivity index (χ0) is 21.8. The first kappa shape index (κ1) is 20.6. The van der Waals surface area contributed by atoms with Gasteiger partial charge in [0.25, 0.3) is 0 Å². The van der Waals surface area contributed by atoms with Crippen LogP contribution in [0.25, 0.3) is 0 Å². The van der Waals surface area contributed by atoms with E-state index in [2.05, 4.69) is 38.3 Å². The van der Waals surface area contributed by atoms with E-state index in [1.54, 1.807) is 6.26 Å². The molecule has 0 saturated heterocycles. The highest BCUT2D eigenvalue weighted by Crippen LogP contribution is 2.40. The van der Waals surface area contributed by atoms with Gasteiger partial charge in [-0.3, -0.25) is 9.36 Å². The molecule has 2 aromatic carbocycles. The van der Waals surface area contributed by atoms with Gasteiger partial charge in [0.05, 0.1) is 18.6 Å². The maximum Gasteiger partial charge on any atom is 0.234 e. The van der Waals surface area contributed by atoms with E-state index in [1.807, 2.05) is 48.5 Å². The lowest BCUT2D eigenvalue weighted by Crippen LogP contribution is -2.16. The molecule has 7 heteroatoms. The highest BCUT2D eigenvalue weighted by Gasteiger charge is 2.30. The molecule has 32 heavy (non-hydrogen) atoms. The first-order valence-electron chi connectivity index (χ1n) is 10.8. The molecule has 1 N–H and O–H groups in total. The Balaban J connectivity index is 1.25. The van der Waals surface area contributed by atoms with Crippen molar-refractivity contribution in [1.29, 1.82) is 0 Å². The molecule has 0 atom stereocenters. The Morgan fingerprint density at radius 1 is 1.03 bits per heavy atom. The van der Waals surface area contributed by atoms with E-state index < -0.39 is 0 Å². The van der Waals surface area contributed by atoms with E-state index in [1.165, 1.54) is 17.3 Å². The van der Waals surface area contributed by atoms with Crippen molar-refractivity contribution in [3.63, 3.8) is 0 Å². The van der Waals surface area contributed by atoms with Crippen LogP contribution in [0.2, 0.25) is 0 Å². The van der Waals surface area contributed by atoms with Crippen LogP contribution in [-0.2, 0) is 17.8 Å². The van der Waals surface area contributed by atoms with E-state index in [0.29, 0.717) is 12.5 Å². The molecule has 1 saturated carbocycles. The Morgan fingerprint density at radius 2 is 1.84 bits per heavy atom. The molecule has 0 bridgehead atoms. The number of hydrogen-bond acceptors (Lipinski definition) is 5. The van der Waals surface area contributed by atoms with Crippen LogP contribution in [0.15, 0.2) is 82.6 Å². The number of aromatic nitrogens is 3. The smallest absolute Gasteiger partial charge is 0.234 e. The van der Waals surface area contributed by atoms with Crippen molar-refractivity contribution in [2.45, 2.75) is 36.9 Å². The highest BCUT2D eigenvalue weighted by molar-refractivity contribution is 7.99. The van der Waals surface area contributed by atoms with Gasteiger partial charge in [0.2, 0.25) is 5.91 Å². The second kappa shape index (κ2) is 9.44. The summed E-state index contributed by atoms with van der Waals surface area (Å²) >= 11 is 1.41. The molecular formula is C25H24N4O2S. The van der Waals surface area contributed by atoms with Crippen molar-refractivity contribution in [3.8, 4) is 0 Å². The lowest BCUT2D eigenvalue weighted by molar-refractivity contribution is -0.113. The lowest BCUT2D eigenvalue weighted by Gasteiger charge is -2.12. The zero-order valence-corrected chi connectivity index (χ0v) is 18.4. The fourth-order valence-electron chi connectivity index (χ4n) is 3.69. The number of hydrogen-bond donors (Lipinski definition) is 1. The molecule has 0 radical (unpaired) electrons. The molecule has 4 aromatic rings. The number of para-hydroxylation sites is 1. The minimum atomic E-state index is -0.0592. The minimum absolute atomic E-state index is 0.0592. The number of anilines is 1. The average molecular weight is 445 g/mol. The van der Waals surface area contributed by atoms with Gasteiger partial charge in [0.15, 0.2) is 5.16 Å². The third-order valence-electron chi connectivity index (χ3n) is 5.44. The molecule has 2 heterocycles. The number of rotatable bonds is 9. The third kappa shape index (κ3) is 4.94. The number of benzene rings is 2. The summed E-state index contributed by atoms with van der Waals surface area (Å²) in [6, 6.07) is 22.0. The molecule has 2 aromatic heterocycles. The molecular weight excluding hydrogens is 420 g/mol. The Morgan fingerprint density at radius 3 is 2.62 bits per heavy atom. The second-order valence-electron chi connectivity index (χ2n) is 7.94. The molecule has 1 aliphatic rings. The predicted octanol–water partition coefficient (Wildman–Crippen LogP) is 5.12. The topological polar surface area (TPSA) is 73.0 Å². The van der Waals surface area contributed by atoms with Crippen LogP contribution >= 0.6 is 11.8 Å². The number of nitrogens with one attached hydrogen (secondary N) is 1. The Hall–Kier alpha value is -3.32. The summed E-state index contributed by atoms with van der Waals surface area (Å²) in [5, 5.41) is 12.6. The summed E-state index contributed by atoms with van der Waals surface area (Å²) in [6.45, 7) is 0.579. The molecule has 0 aliphatic heterocycles. The largest absolute Gasteiger partial charge is 0.467 e. The van der Waals surface area contributed by atoms with Crippen LogP contribution in [0.4, 0.5) is 5.69 Å².